The van der Waals surface area contributed by atoms with Crippen LogP contribution in [0.2, 0.25) is 0 Å². The molecule has 1 aliphatic carbocycles. The molecule has 302 valence electrons. The van der Waals surface area contributed by atoms with Gasteiger partial charge < -0.3 is 24.4 Å². The smallest absolute Gasteiger partial charge is 0.425 e. The summed E-state index contributed by atoms with van der Waals surface area (Å²) < 4.78 is 15.2. The lowest BCUT2D eigenvalue weighted by atomic mass is 9.74. The maximum atomic E-state index is 13.9. The van der Waals surface area contributed by atoms with Gasteiger partial charge in [0.15, 0.2) is 0 Å². The van der Waals surface area contributed by atoms with Gasteiger partial charge in [0.25, 0.3) is 0 Å². The van der Waals surface area contributed by atoms with Gasteiger partial charge in [-0.3, -0.25) is 19.6 Å². The van der Waals surface area contributed by atoms with Gasteiger partial charge in [-0.15, -0.1) is 0 Å². The molecule has 1 saturated carbocycles. The molecule has 4 aliphatic heterocycles. The first-order chi connectivity index (χ1) is 27.6. The molecule has 3 unspecified atom stereocenters. The van der Waals surface area contributed by atoms with E-state index in [0.717, 1.165) is 83.3 Å². The molecule has 0 bridgehead atoms. The van der Waals surface area contributed by atoms with Crippen molar-refractivity contribution >= 4 is 46.6 Å². The fourth-order valence-electron chi connectivity index (χ4n) is 8.96. The minimum absolute atomic E-state index is 0.0225. The highest BCUT2D eigenvalue weighted by Crippen LogP contribution is 2.38. The van der Waals surface area contributed by atoms with Crippen molar-refractivity contribution < 1.29 is 33.4 Å². The molecule has 57 heavy (non-hydrogen) atoms. The summed E-state index contributed by atoms with van der Waals surface area (Å²) in [5, 5.41) is 4.19. The molecule has 13 heteroatoms. The first kappa shape index (κ1) is 39.9. The molecular formula is C44H54N6O7. The fourth-order valence-corrected chi connectivity index (χ4v) is 8.96. The highest BCUT2D eigenvalue weighted by molar-refractivity contribution is 6.04. The summed E-state index contributed by atoms with van der Waals surface area (Å²) in [6.45, 7) is 5.39. The Hall–Kier alpha value is -5.30. The number of hydrazine groups is 1. The van der Waals surface area contributed by atoms with Gasteiger partial charge in [0.1, 0.15) is 6.04 Å². The van der Waals surface area contributed by atoms with Crippen LogP contribution in [0, 0.1) is 17.8 Å². The van der Waals surface area contributed by atoms with Crippen LogP contribution in [0.15, 0.2) is 70.9 Å². The highest BCUT2D eigenvalue weighted by Gasteiger charge is 2.42. The number of carbonyl (C=O) groups excluding carboxylic acids is 4. The summed E-state index contributed by atoms with van der Waals surface area (Å²) in [4.78, 5) is 63.3. The fraction of sp³-hybridized carbons (Fsp3) is 0.500. The highest BCUT2D eigenvalue weighted by atomic mass is 16.5. The van der Waals surface area contributed by atoms with Gasteiger partial charge in [-0.2, -0.15) is 0 Å². The summed E-state index contributed by atoms with van der Waals surface area (Å²) in [5.41, 5.74) is 11.3. The summed E-state index contributed by atoms with van der Waals surface area (Å²) >= 11 is 0. The number of rotatable bonds is 10. The van der Waals surface area contributed by atoms with Gasteiger partial charge >= 0.3 is 12.2 Å². The Morgan fingerprint density at radius 2 is 1.37 bits per heavy atom. The molecule has 0 spiro atoms. The summed E-state index contributed by atoms with van der Waals surface area (Å²) in [6, 6.07) is 16.1. The van der Waals surface area contributed by atoms with Crippen molar-refractivity contribution in [1.82, 2.24) is 20.7 Å². The van der Waals surface area contributed by atoms with Crippen molar-refractivity contribution in [1.29, 1.82) is 0 Å². The molecular weight excluding hydrogens is 725 g/mol. The van der Waals surface area contributed by atoms with Crippen LogP contribution in [0.1, 0.15) is 82.8 Å². The molecule has 4 amide bonds. The Kier molecular flexibility index (Phi) is 12.5. The maximum absolute atomic E-state index is 13.9. The van der Waals surface area contributed by atoms with Crippen LogP contribution in [0.25, 0.3) is 22.3 Å². The number of aliphatic imine (C=N–C) groups is 2. The van der Waals surface area contributed by atoms with Crippen molar-refractivity contribution in [3.63, 3.8) is 0 Å². The van der Waals surface area contributed by atoms with Crippen molar-refractivity contribution in [3.05, 3.63) is 72.1 Å². The zero-order valence-corrected chi connectivity index (χ0v) is 33.4. The van der Waals surface area contributed by atoms with Gasteiger partial charge in [0.2, 0.25) is 11.8 Å². The molecule has 2 saturated heterocycles. The topological polar surface area (TPSA) is 151 Å². The number of ether oxygens (including phenoxy) is 3. The van der Waals surface area contributed by atoms with E-state index in [0.29, 0.717) is 39.0 Å². The Balaban J connectivity index is 0.946. The van der Waals surface area contributed by atoms with Crippen LogP contribution in [-0.2, 0) is 23.8 Å². The third-order valence-corrected chi connectivity index (χ3v) is 12.1. The Labute approximate surface area is 334 Å². The molecule has 2 aromatic rings. The number of likely N-dealkylation sites (tertiary alicyclic amines) is 1. The lowest BCUT2D eigenvalue weighted by Gasteiger charge is -2.36. The number of allylic oxidation sites excluding steroid dienone is 2. The Morgan fingerprint density at radius 1 is 0.772 bits per heavy atom. The number of benzene rings is 2. The number of carbonyl (C=O) groups is 4. The second kappa shape index (κ2) is 17.9. The average molecular weight is 779 g/mol. The van der Waals surface area contributed by atoms with Crippen molar-refractivity contribution in [2.75, 3.05) is 34.0 Å². The maximum Gasteiger partial charge on any atom is 0.425 e. The normalized spacial score (nSPS) is 23.6. The molecule has 13 nitrogen and oxygen atoms in total. The van der Waals surface area contributed by atoms with Crippen molar-refractivity contribution in [3.8, 4) is 11.1 Å². The minimum Gasteiger partial charge on any atom is -0.453 e. The van der Waals surface area contributed by atoms with E-state index in [-0.39, 0.29) is 41.7 Å². The Bertz CT molecular complexity index is 1950. The first-order valence-corrected chi connectivity index (χ1v) is 20.3. The van der Waals surface area contributed by atoms with Crippen molar-refractivity contribution in [2.45, 2.75) is 89.8 Å². The van der Waals surface area contributed by atoms with E-state index in [1.54, 1.807) is 0 Å². The number of hydrogen-bond acceptors (Lipinski definition) is 9. The van der Waals surface area contributed by atoms with E-state index in [1.165, 1.54) is 19.2 Å². The van der Waals surface area contributed by atoms with Crippen LogP contribution in [0.3, 0.4) is 0 Å². The lowest BCUT2D eigenvalue weighted by molar-refractivity contribution is -0.142. The van der Waals surface area contributed by atoms with E-state index in [9.17, 15) is 19.2 Å². The summed E-state index contributed by atoms with van der Waals surface area (Å²) in [6.07, 6.45) is 10.1. The number of hydrogen-bond donors (Lipinski definition) is 2. The van der Waals surface area contributed by atoms with Gasteiger partial charge in [0.05, 0.1) is 26.9 Å². The van der Waals surface area contributed by atoms with E-state index >= 15 is 0 Å². The van der Waals surface area contributed by atoms with E-state index in [2.05, 4.69) is 59.3 Å². The van der Waals surface area contributed by atoms with Gasteiger partial charge in [-0.05, 0) is 79.4 Å². The Morgan fingerprint density at radius 3 is 1.96 bits per heavy atom. The molecule has 3 fully saturated rings. The van der Waals surface area contributed by atoms with Gasteiger partial charge in [-0.1, -0.05) is 61.4 Å². The molecule has 2 N–H and O–H groups in total. The average Bonchev–Trinajstić information content (AvgIpc) is 4.09. The second-order valence-corrected chi connectivity index (χ2v) is 15.9. The largest absolute Gasteiger partial charge is 0.453 e. The van der Waals surface area contributed by atoms with Crippen LogP contribution in [0.4, 0.5) is 9.59 Å². The number of methoxy groups -OCH3 is 2. The van der Waals surface area contributed by atoms with Crippen LogP contribution in [-0.4, -0.2) is 97.4 Å². The zero-order valence-electron chi connectivity index (χ0n) is 33.4. The minimum atomic E-state index is -0.691. The van der Waals surface area contributed by atoms with E-state index in [1.807, 2.05) is 31.1 Å². The number of alkyl carbamates (subject to hydrolysis) is 1. The third kappa shape index (κ3) is 8.83. The van der Waals surface area contributed by atoms with Gasteiger partial charge in [0, 0.05) is 73.6 Å². The number of nitrogens with one attached hydrogen (secondary N) is 2. The first-order valence-electron chi connectivity index (χ1n) is 20.3. The zero-order chi connectivity index (χ0) is 40.1. The monoisotopic (exact) mass is 778 g/mol. The van der Waals surface area contributed by atoms with Crippen molar-refractivity contribution in [2.24, 2.45) is 27.7 Å². The van der Waals surface area contributed by atoms with Crippen LogP contribution >= 0.6 is 0 Å². The second-order valence-electron chi connectivity index (χ2n) is 15.9. The van der Waals surface area contributed by atoms with Gasteiger partial charge in [-0.25, -0.2) is 20.0 Å². The number of amides is 4. The van der Waals surface area contributed by atoms with E-state index in [4.69, 9.17) is 24.2 Å². The molecule has 5 aliphatic rings. The molecule has 7 rings (SSSR count). The third-order valence-electron chi connectivity index (χ3n) is 12.1. The lowest BCUT2D eigenvalue weighted by Crippen LogP contribution is -2.54. The predicted molar refractivity (Wildman–Crippen MR) is 218 cm³/mol. The number of nitrogens with zero attached hydrogens (tertiary/aromatic N) is 4. The quantitative estimate of drug-likeness (QED) is 0.252. The van der Waals surface area contributed by atoms with Crippen LogP contribution in [0.5, 0.6) is 0 Å². The summed E-state index contributed by atoms with van der Waals surface area (Å²) in [7, 11) is 2.60. The molecule has 5 atom stereocenters. The SMILES string of the molecule is COC(=O)NC(C(=O)N1CCC[C@H]1C1=NC=C(c2ccc(-c3ccc(C4=CN=C(C5CCCC[C@@H]5C(=O)N(NC(=O)OC)C(C)C)C4)cc3)cc2)C1)C1CCOC1. The standard InChI is InChI=1S/C44H54N6O7/c1-27(2)50(48-44(54)56-4)41(51)36-9-6-5-8-35(36)37-22-33(24-45-37)30-15-11-28(12-16-30)29-13-17-31(18-14-29)34-23-38(46-25-34)39-10-7-20-49(39)42(52)40(47-43(53)55-3)32-19-21-57-26-32/h11-18,24-25,27,32,35-36,39-40H,5-10,19-23,26H2,1-4H3,(H,47,53)(H,48,54)/t32?,35?,36-,39-,40?/m0/s1. The molecule has 0 aromatic heterocycles. The van der Waals surface area contributed by atoms with E-state index < -0.39 is 18.2 Å². The predicted octanol–water partition coefficient (Wildman–Crippen LogP) is 6.79. The molecule has 2 aromatic carbocycles. The van der Waals surface area contributed by atoms with Crippen LogP contribution < -0.4 is 10.7 Å². The molecule has 4 heterocycles. The molecule has 0 radical (unpaired) electrons. The summed E-state index contributed by atoms with van der Waals surface area (Å²) in [5.74, 6) is -0.508.